The van der Waals surface area contributed by atoms with Crippen molar-refractivity contribution in [2.45, 2.75) is 89.6 Å². The first kappa shape index (κ1) is 18.6. The number of hydrogen-bond acceptors (Lipinski definition) is 5. The zero-order valence-electron chi connectivity index (χ0n) is 17.7. The number of ketones is 1. The molecule has 0 spiro atoms. The number of epoxide rings is 2. The van der Waals surface area contributed by atoms with Crippen molar-refractivity contribution in [3.05, 3.63) is 11.6 Å². The average Bonchev–Trinajstić information content (AvgIpc) is 3.58. The Hall–Kier alpha value is -1.20. The predicted molar refractivity (Wildman–Crippen MR) is 105 cm³/mol. The lowest BCUT2D eigenvalue weighted by Gasteiger charge is -2.58. The summed E-state index contributed by atoms with van der Waals surface area (Å²) in [5.74, 6) is 1.92. The van der Waals surface area contributed by atoms with Gasteiger partial charge in [0.25, 0.3) is 0 Å². The molecule has 3 saturated carbocycles. The maximum absolute atomic E-state index is 13.1. The summed E-state index contributed by atoms with van der Waals surface area (Å²) in [6, 6.07) is 0. The minimum atomic E-state index is -0.554. The molecule has 2 aliphatic heterocycles. The fraction of sp³-hybridized carbons (Fsp3) is 0.833. The van der Waals surface area contributed by atoms with Gasteiger partial charge in [-0.25, -0.2) is 0 Å². The van der Waals surface area contributed by atoms with E-state index >= 15 is 0 Å². The third-order valence-electron chi connectivity index (χ3n) is 9.81. The van der Waals surface area contributed by atoms with Crippen LogP contribution in [0.2, 0.25) is 0 Å². The van der Waals surface area contributed by atoms with Crippen molar-refractivity contribution in [3.63, 3.8) is 0 Å². The van der Waals surface area contributed by atoms with Crippen LogP contribution < -0.4 is 0 Å². The van der Waals surface area contributed by atoms with Gasteiger partial charge in [0.15, 0.2) is 11.4 Å². The summed E-state index contributed by atoms with van der Waals surface area (Å²) < 4.78 is 17.0. The van der Waals surface area contributed by atoms with Crippen molar-refractivity contribution in [2.24, 2.45) is 28.6 Å². The predicted octanol–water partition coefficient (Wildman–Crippen LogP) is 3.60. The van der Waals surface area contributed by atoms with Gasteiger partial charge < -0.3 is 14.2 Å². The van der Waals surface area contributed by atoms with E-state index in [1.54, 1.807) is 0 Å². The molecule has 5 heteroatoms. The number of fused-ring (bicyclic) bond motifs is 7. The van der Waals surface area contributed by atoms with Crippen molar-refractivity contribution < 1.29 is 23.8 Å². The molecule has 0 bridgehead atoms. The average molecular weight is 401 g/mol. The molecule has 2 saturated heterocycles. The first-order valence-corrected chi connectivity index (χ1v) is 11.5. The molecule has 0 aromatic rings. The third-order valence-corrected chi connectivity index (χ3v) is 9.81. The first-order valence-electron chi connectivity index (χ1n) is 11.5. The zero-order valence-corrected chi connectivity index (χ0v) is 17.7. The van der Waals surface area contributed by atoms with Gasteiger partial charge in [0.05, 0.1) is 12.7 Å². The van der Waals surface area contributed by atoms with Crippen molar-refractivity contribution in [3.8, 4) is 0 Å². The molecular formula is C24H32O5. The lowest BCUT2D eigenvalue weighted by Crippen LogP contribution is -2.55. The minimum Gasteiger partial charge on any atom is -0.462 e. The van der Waals surface area contributed by atoms with Crippen molar-refractivity contribution in [1.82, 2.24) is 0 Å². The highest BCUT2D eigenvalue weighted by atomic mass is 16.6. The number of carbonyl (C=O) groups is 2. The number of carbonyl (C=O) groups excluding carboxylic acids is 2. The SMILES string of the molecule is CC(=O)O[C@H]1CC[C@@]2(C)C(=CC[C@H]3[C@H]2CC[C@@]2(C)[C@@H]3C[C@@H]3O[C@@]32C(=O)[C@@H]2CO2)C1. The van der Waals surface area contributed by atoms with Gasteiger partial charge >= 0.3 is 5.97 Å². The Bertz CT molecular complexity index is 814. The van der Waals surface area contributed by atoms with Crippen molar-refractivity contribution in [1.29, 1.82) is 0 Å². The van der Waals surface area contributed by atoms with Crippen LogP contribution in [-0.2, 0) is 23.8 Å². The summed E-state index contributed by atoms with van der Waals surface area (Å²) in [5.41, 5.74) is 1.13. The summed E-state index contributed by atoms with van der Waals surface area (Å²) in [4.78, 5) is 24.5. The molecule has 6 aliphatic rings. The summed E-state index contributed by atoms with van der Waals surface area (Å²) in [7, 11) is 0. The second kappa shape index (κ2) is 5.73. The van der Waals surface area contributed by atoms with Gasteiger partial charge in [0, 0.05) is 18.8 Å². The molecule has 0 radical (unpaired) electrons. The van der Waals surface area contributed by atoms with Gasteiger partial charge in [-0.1, -0.05) is 25.5 Å². The quantitative estimate of drug-likeness (QED) is 0.411. The molecular weight excluding hydrogens is 368 g/mol. The Kier molecular flexibility index (Phi) is 3.67. The van der Waals surface area contributed by atoms with E-state index in [1.165, 1.54) is 18.9 Å². The van der Waals surface area contributed by atoms with Gasteiger partial charge in [-0.3, -0.25) is 9.59 Å². The van der Waals surface area contributed by atoms with Crippen LogP contribution in [0.25, 0.3) is 0 Å². The van der Waals surface area contributed by atoms with E-state index in [9.17, 15) is 9.59 Å². The Balaban J connectivity index is 1.28. The zero-order chi connectivity index (χ0) is 20.2. The number of Topliss-reactive ketones (excluding diaryl/α,β-unsaturated/α-hetero) is 1. The Morgan fingerprint density at radius 2 is 1.97 bits per heavy atom. The number of ether oxygens (including phenoxy) is 3. The number of hydrogen-bond donors (Lipinski definition) is 0. The lowest BCUT2D eigenvalue weighted by molar-refractivity contribution is -0.149. The highest BCUT2D eigenvalue weighted by Crippen LogP contribution is 2.73. The summed E-state index contributed by atoms with van der Waals surface area (Å²) >= 11 is 0. The van der Waals surface area contributed by atoms with Gasteiger partial charge in [-0.15, -0.1) is 0 Å². The molecule has 29 heavy (non-hydrogen) atoms. The second-order valence-electron chi connectivity index (χ2n) is 11.0. The molecule has 0 unspecified atom stereocenters. The van der Waals surface area contributed by atoms with Gasteiger partial charge in [0.1, 0.15) is 12.2 Å². The first-order chi connectivity index (χ1) is 13.8. The molecule has 0 aromatic carbocycles. The molecule has 0 aromatic heterocycles. The minimum absolute atomic E-state index is 0.0431. The number of rotatable bonds is 3. The van der Waals surface area contributed by atoms with Gasteiger partial charge in [-0.2, -0.15) is 0 Å². The van der Waals surface area contributed by atoms with E-state index < -0.39 is 5.60 Å². The standard InChI is InChI=1S/C24H32O5/c1-13(25)28-15-6-8-22(2)14(10-15)4-5-16-17(22)7-9-23(3)18(16)11-20-24(23,29-20)21(26)19-12-27-19/h4,15-20H,5-12H2,1-3H3/t15-,16-,17+,18+,19-,20-,22-,23-,24+/m0/s1. The van der Waals surface area contributed by atoms with Crippen LogP contribution in [0.1, 0.15) is 65.7 Å². The van der Waals surface area contributed by atoms with Crippen LogP contribution in [0, 0.1) is 28.6 Å². The largest absolute Gasteiger partial charge is 0.462 e. The highest BCUT2D eigenvalue weighted by molar-refractivity contribution is 5.97. The normalized spacial score (nSPS) is 54.2. The van der Waals surface area contributed by atoms with Gasteiger partial charge in [-0.05, 0) is 61.7 Å². The van der Waals surface area contributed by atoms with Crippen LogP contribution in [0.4, 0.5) is 0 Å². The van der Waals surface area contributed by atoms with Crippen LogP contribution in [0.5, 0.6) is 0 Å². The molecule has 9 atom stereocenters. The molecule has 158 valence electrons. The third kappa shape index (κ3) is 2.29. The van der Waals surface area contributed by atoms with Crippen molar-refractivity contribution >= 4 is 11.8 Å². The van der Waals surface area contributed by atoms with Crippen LogP contribution in [-0.4, -0.2) is 42.3 Å². The molecule has 5 fully saturated rings. The van der Waals surface area contributed by atoms with E-state index in [4.69, 9.17) is 14.2 Å². The van der Waals surface area contributed by atoms with E-state index in [0.29, 0.717) is 24.4 Å². The van der Waals surface area contributed by atoms with Crippen LogP contribution >= 0.6 is 0 Å². The van der Waals surface area contributed by atoms with Crippen LogP contribution in [0.3, 0.4) is 0 Å². The van der Waals surface area contributed by atoms with E-state index in [2.05, 4.69) is 19.9 Å². The summed E-state index contributed by atoms with van der Waals surface area (Å²) in [6.45, 7) is 6.88. The Morgan fingerprint density at radius 1 is 1.17 bits per heavy atom. The molecule has 0 amide bonds. The van der Waals surface area contributed by atoms with E-state index in [1.807, 2.05) is 0 Å². The maximum Gasteiger partial charge on any atom is 0.302 e. The Labute approximate surface area is 172 Å². The maximum atomic E-state index is 13.1. The number of esters is 1. The monoisotopic (exact) mass is 400 g/mol. The Morgan fingerprint density at radius 3 is 2.69 bits per heavy atom. The number of allylic oxidation sites excluding steroid dienone is 1. The topological polar surface area (TPSA) is 68.4 Å². The molecule has 2 heterocycles. The molecule has 6 rings (SSSR count). The van der Waals surface area contributed by atoms with Gasteiger partial charge in [0.2, 0.25) is 0 Å². The van der Waals surface area contributed by atoms with Crippen molar-refractivity contribution in [2.75, 3.05) is 6.61 Å². The lowest BCUT2D eigenvalue weighted by atomic mass is 9.47. The van der Waals surface area contributed by atoms with E-state index in [0.717, 1.165) is 38.5 Å². The van der Waals surface area contributed by atoms with Crippen LogP contribution in [0.15, 0.2) is 11.6 Å². The fourth-order valence-electron chi connectivity index (χ4n) is 8.25. The smallest absolute Gasteiger partial charge is 0.302 e. The molecule has 4 aliphatic carbocycles. The summed E-state index contributed by atoms with van der Waals surface area (Å²) in [6.07, 6.45) is 9.75. The second-order valence-corrected chi connectivity index (χ2v) is 11.0. The van der Waals surface area contributed by atoms with E-state index in [-0.39, 0.29) is 40.9 Å². The molecule has 5 nitrogen and oxygen atoms in total. The molecule has 0 N–H and O–H groups in total. The highest BCUT2D eigenvalue weighted by Gasteiger charge is 2.81. The summed E-state index contributed by atoms with van der Waals surface area (Å²) in [5, 5.41) is 0. The fourth-order valence-corrected chi connectivity index (χ4v) is 8.25.